The predicted octanol–water partition coefficient (Wildman–Crippen LogP) is 4.85. The number of hydrogen-bond donors (Lipinski definition) is 2. The molecule has 176 valence electrons. The molecule has 0 saturated heterocycles. The number of carboxylic acids is 1. The number of aromatic nitrogens is 1. The van der Waals surface area contributed by atoms with Crippen molar-refractivity contribution in [2.24, 2.45) is 0 Å². The number of carbonyl (C=O) groups is 3. The number of amides is 1. The van der Waals surface area contributed by atoms with E-state index in [0.717, 1.165) is 11.3 Å². The van der Waals surface area contributed by atoms with E-state index in [1.54, 1.807) is 23.4 Å². The van der Waals surface area contributed by atoms with Gasteiger partial charge in [0.2, 0.25) is 5.91 Å². The largest absolute Gasteiger partial charge is 0.481 e. The van der Waals surface area contributed by atoms with E-state index in [4.69, 9.17) is 0 Å². The highest BCUT2D eigenvalue weighted by molar-refractivity contribution is 6.06. The molecule has 2 unspecified atom stereocenters. The Balaban J connectivity index is 1.67. The number of nitrogens with zero attached hydrogens (tertiary/aromatic N) is 2. The lowest BCUT2D eigenvalue weighted by Gasteiger charge is -2.35. The van der Waals surface area contributed by atoms with E-state index in [1.807, 2.05) is 60.7 Å². The number of fused-ring (bicyclic) bond motifs is 1. The van der Waals surface area contributed by atoms with Crippen molar-refractivity contribution in [2.45, 2.75) is 37.6 Å². The summed E-state index contributed by atoms with van der Waals surface area (Å²) in [6.45, 7) is 0. The summed E-state index contributed by atoms with van der Waals surface area (Å²) in [6, 6.07) is 20.3. The molecule has 0 saturated carbocycles. The lowest BCUT2D eigenvalue weighted by Crippen LogP contribution is -2.38. The van der Waals surface area contributed by atoms with Crippen molar-refractivity contribution in [1.29, 1.82) is 0 Å². The number of para-hydroxylation sites is 2. The Morgan fingerprint density at radius 1 is 0.943 bits per heavy atom. The van der Waals surface area contributed by atoms with Crippen molar-refractivity contribution in [3.8, 4) is 0 Å². The normalized spacial score (nSPS) is 19.3. The first-order valence-corrected chi connectivity index (χ1v) is 11.6. The average molecular weight is 468 g/mol. The fourth-order valence-corrected chi connectivity index (χ4v) is 5.01. The number of carboxylic acid groups (broad SMARTS) is 1. The third-order valence-electron chi connectivity index (χ3n) is 6.58. The molecule has 0 bridgehead atoms. The molecule has 0 fully saturated rings. The molecule has 2 N–H and O–H groups in total. The molecule has 2 atom stereocenters. The minimum atomic E-state index is -1.04. The summed E-state index contributed by atoms with van der Waals surface area (Å²) in [4.78, 5) is 44.4. The van der Waals surface area contributed by atoms with E-state index in [-0.39, 0.29) is 30.4 Å². The number of pyridine rings is 1. The number of nitrogens with one attached hydrogen (secondary N) is 1. The van der Waals surface area contributed by atoms with Crippen LogP contribution in [0.15, 0.2) is 90.4 Å². The second kappa shape index (κ2) is 9.54. The molecule has 3 aromatic rings. The van der Waals surface area contributed by atoms with Gasteiger partial charge in [-0.25, -0.2) is 0 Å². The Morgan fingerprint density at radius 2 is 1.69 bits per heavy atom. The molecule has 1 aliphatic carbocycles. The summed E-state index contributed by atoms with van der Waals surface area (Å²) in [5.74, 6) is -1.42. The van der Waals surface area contributed by atoms with E-state index in [2.05, 4.69) is 10.3 Å². The zero-order valence-electron chi connectivity index (χ0n) is 19.1. The lowest BCUT2D eigenvalue weighted by atomic mass is 9.78. The van der Waals surface area contributed by atoms with Gasteiger partial charge in [0.1, 0.15) is 0 Å². The number of carbonyl (C=O) groups excluding carboxylic acids is 2. The molecule has 7 nitrogen and oxygen atoms in total. The standard InChI is InChI=1S/C28H25N3O4/c32-24-16-20(18-7-2-1-3-8-18)15-22-27(24)28(19-9-6-14-29-17-19)31(25(33)12-13-26(34)35)23-11-5-4-10-21(23)30-22/h1-11,14,17,20,28,30H,12-13,15-16H2,(H,34,35). The number of anilines is 2. The van der Waals surface area contributed by atoms with Gasteiger partial charge in [-0.1, -0.05) is 48.5 Å². The first kappa shape index (κ1) is 22.5. The first-order valence-electron chi connectivity index (χ1n) is 11.6. The van der Waals surface area contributed by atoms with Gasteiger partial charge >= 0.3 is 5.97 Å². The van der Waals surface area contributed by atoms with Crippen LogP contribution in [0.3, 0.4) is 0 Å². The second-order valence-corrected chi connectivity index (χ2v) is 8.82. The molecule has 2 aliphatic rings. The predicted molar refractivity (Wildman–Crippen MR) is 132 cm³/mol. The van der Waals surface area contributed by atoms with Crippen LogP contribution < -0.4 is 10.2 Å². The molecule has 2 heterocycles. The van der Waals surface area contributed by atoms with Gasteiger partial charge in [0.05, 0.1) is 23.8 Å². The Hall–Kier alpha value is -4.26. The Kier molecular flexibility index (Phi) is 6.14. The second-order valence-electron chi connectivity index (χ2n) is 8.82. The van der Waals surface area contributed by atoms with Crippen molar-refractivity contribution in [3.63, 3.8) is 0 Å². The number of rotatable bonds is 5. The van der Waals surface area contributed by atoms with E-state index in [9.17, 15) is 19.5 Å². The molecule has 1 aromatic heterocycles. The van der Waals surface area contributed by atoms with Crippen LogP contribution in [0.5, 0.6) is 0 Å². The van der Waals surface area contributed by atoms with Crippen molar-refractivity contribution in [1.82, 2.24) is 4.98 Å². The smallest absolute Gasteiger partial charge is 0.303 e. The number of aliphatic carboxylic acids is 1. The maximum atomic E-state index is 13.8. The zero-order chi connectivity index (χ0) is 24.4. The SMILES string of the molecule is O=C(O)CCC(=O)N1c2ccccc2NC2=C(C(=O)CC(c3ccccc3)C2)C1c1cccnc1. The van der Waals surface area contributed by atoms with Crippen molar-refractivity contribution < 1.29 is 19.5 Å². The van der Waals surface area contributed by atoms with E-state index < -0.39 is 12.0 Å². The van der Waals surface area contributed by atoms with Gasteiger partial charge in [-0.3, -0.25) is 24.3 Å². The summed E-state index contributed by atoms with van der Waals surface area (Å²) in [6.07, 6.45) is 3.79. The third-order valence-corrected chi connectivity index (χ3v) is 6.58. The minimum absolute atomic E-state index is 0.0194. The number of allylic oxidation sites excluding steroid dienone is 1. The van der Waals surface area contributed by atoms with E-state index in [0.29, 0.717) is 35.4 Å². The summed E-state index contributed by atoms with van der Waals surface area (Å²) < 4.78 is 0. The van der Waals surface area contributed by atoms with Crippen LogP contribution in [0.1, 0.15) is 48.8 Å². The third kappa shape index (κ3) is 4.45. The van der Waals surface area contributed by atoms with Gasteiger partial charge in [0.15, 0.2) is 5.78 Å². The summed E-state index contributed by atoms with van der Waals surface area (Å²) in [5.41, 5.74) is 4.43. The van der Waals surface area contributed by atoms with Gasteiger partial charge < -0.3 is 10.4 Å². The molecule has 7 heteroatoms. The first-order chi connectivity index (χ1) is 17.0. The number of ketones is 1. The Bertz CT molecular complexity index is 1300. The van der Waals surface area contributed by atoms with Crippen LogP contribution in [-0.4, -0.2) is 27.8 Å². The summed E-state index contributed by atoms with van der Waals surface area (Å²) in [5, 5.41) is 12.7. The van der Waals surface area contributed by atoms with Crippen LogP contribution in [0.2, 0.25) is 0 Å². The van der Waals surface area contributed by atoms with Gasteiger partial charge in [0.25, 0.3) is 0 Å². The van der Waals surface area contributed by atoms with Gasteiger partial charge in [-0.15, -0.1) is 0 Å². The Morgan fingerprint density at radius 3 is 2.43 bits per heavy atom. The Labute approximate surface area is 203 Å². The molecule has 35 heavy (non-hydrogen) atoms. The molecule has 0 radical (unpaired) electrons. The summed E-state index contributed by atoms with van der Waals surface area (Å²) in [7, 11) is 0. The van der Waals surface area contributed by atoms with Crippen molar-refractivity contribution in [2.75, 3.05) is 10.2 Å². The van der Waals surface area contributed by atoms with Crippen LogP contribution in [-0.2, 0) is 14.4 Å². The van der Waals surface area contributed by atoms with Gasteiger partial charge in [-0.05, 0) is 41.7 Å². The lowest BCUT2D eigenvalue weighted by molar-refractivity contribution is -0.138. The topological polar surface area (TPSA) is 99.6 Å². The van der Waals surface area contributed by atoms with Crippen LogP contribution >= 0.6 is 0 Å². The zero-order valence-corrected chi connectivity index (χ0v) is 19.1. The number of benzene rings is 2. The fourth-order valence-electron chi connectivity index (χ4n) is 5.01. The van der Waals surface area contributed by atoms with Crippen LogP contribution in [0.25, 0.3) is 0 Å². The van der Waals surface area contributed by atoms with E-state index >= 15 is 0 Å². The van der Waals surface area contributed by atoms with Gasteiger partial charge in [-0.2, -0.15) is 0 Å². The van der Waals surface area contributed by atoms with Crippen molar-refractivity contribution >= 4 is 29.0 Å². The molecular weight excluding hydrogens is 442 g/mol. The highest BCUT2D eigenvalue weighted by Gasteiger charge is 2.41. The van der Waals surface area contributed by atoms with Crippen LogP contribution in [0.4, 0.5) is 11.4 Å². The molecule has 1 aliphatic heterocycles. The molecule has 5 rings (SSSR count). The molecule has 2 aromatic carbocycles. The molecule has 1 amide bonds. The quantitative estimate of drug-likeness (QED) is 0.557. The maximum absolute atomic E-state index is 13.8. The number of Topliss-reactive ketones (excluding diaryl/α,β-unsaturated/α-hetero) is 1. The van der Waals surface area contributed by atoms with Crippen LogP contribution in [0, 0.1) is 0 Å². The average Bonchev–Trinajstić information content (AvgIpc) is 3.03. The highest BCUT2D eigenvalue weighted by atomic mass is 16.4. The fraction of sp³-hybridized carbons (Fsp3) is 0.214. The maximum Gasteiger partial charge on any atom is 0.303 e. The van der Waals surface area contributed by atoms with Crippen molar-refractivity contribution in [3.05, 3.63) is 102 Å². The van der Waals surface area contributed by atoms with Gasteiger partial charge in [0, 0.05) is 36.5 Å². The van der Waals surface area contributed by atoms with E-state index in [1.165, 1.54) is 0 Å². The highest BCUT2D eigenvalue weighted by Crippen LogP contribution is 2.47. The molecular formula is C28H25N3O4. The molecule has 0 spiro atoms. The number of hydrogen-bond acceptors (Lipinski definition) is 5. The monoisotopic (exact) mass is 467 g/mol. The minimum Gasteiger partial charge on any atom is -0.481 e. The summed E-state index contributed by atoms with van der Waals surface area (Å²) >= 11 is 0.